The summed E-state index contributed by atoms with van der Waals surface area (Å²) in [5, 5.41) is 0.486. The Bertz CT molecular complexity index is 630. The van der Waals surface area contributed by atoms with Crippen LogP contribution in [0.4, 0.5) is 4.39 Å². The van der Waals surface area contributed by atoms with Gasteiger partial charge in [-0.25, -0.2) is 4.39 Å². The lowest BCUT2D eigenvalue weighted by molar-refractivity contribution is 0.611. The lowest BCUT2D eigenvalue weighted by Crippen LogP contribution is -1.98. The second kappa shape index (κ2) is 6.19. The van der Waals surface area contributed by atoms with Crippen molar-refractivity contribution in [3.05, 3.63) is 66.8 Å². The highest BCUT2D eigenvalue weighted by Gasteiger charge is 2.18. The molecule has 0 aromatic heterocycles. The van der Waals surface area contributed by atoms with E-state index in [0.29, 0.717) is 25.1 Å². The van der Waals surface area contributed by atoms with E-state index < -0.39 is 11.2 Å². The zero-order valence-electron chi connectivity index (χ0n) is 9.23. The quantitative estimate of drug-likeness (QED) is 0.379. The van der Waals surface area contributed by atoms with Crippen LogP contribution in [-0.2, 0) is 0 Å². The standard InChI is InChI=1S/C13H6BrCl4F/c14-8-5-12(19)7(4-10(8)16)13(18)6-1-2-9(15)11(17)3-6/h1-5,13H. The first-order valence-corrected chi connectivity index (χ1v) is 7.50. The Balaban J connectivity index is 2.46. The molecular weight excluding hydrogens is 397 g/mol. The van der Waals surface area contributed by atoms with Crippen molar-refractivity contribution in [3.8, 4) is 0 Å². The van der Waals surface area contributed by atoms with Gasteiger partial charge in [0.2, 0.25) is 0 Å². The van der Waals surface area contributed by atoms with Gasteiger partial charge in [-0.15, -0.1) is 11.6 Å². The normalized spacial score (nSPS) is 12.5. The van der Waals surface area contributed by atoms with E-state index in [2.05, 4.69) is 15.9 Å². The molecule has 2 aromatic carbocycles. The summed E-state index contributed by atoms with van der Waals surface area (Å²) in [7, 11) is 0. The molecular formula is C13H6BrCl4F. The number of alkyl halides is 1. The first-order valence-electron chi connectivity index (χ1n) is 5.13. The highest BCUT2D eigenvalue weighted by molar-refractivity contribution is 9.10. The van der Waals surface area contributed by atoms with Gasteiger partial charge in [-0.3, -0.25) is 0 Å². The molecule has 0 spiro atoms. The van der Waals surface area contributed by atoms with E-state index in [4.69, 9.17) is 46.4 Å². The second-order valence-electron chi connectivity index (χ2n) is 3.82. The highest BCUT2D eigenvalue weighted by atomic mass is 79.9. The van der Waals surface area contributed by atoms with Gasteiger partial charge in [0.15, 0.2) is 0 Å². The summed E-state index contributed by atoms with van der Waals surface area (Å²) in [6.07, 6.45) is 0. The molecule has 2 rings (SSSR count). The van der Waals surface area contributed by atoms with Gasteiger partial charge in [0, 0.05) is 10.0 Å². The minimum absolute atomic E-state index is 0.285. The summed E-state index contributed by atoms with van der Waals surface area (Å²) in [5.41, 5.74) is 0.932. The smallest absolute Gasteiger partial charge is 0.129 e. The van der Waals surface area contributed by atoms with Crippen LogP contribution in [0, 0.1) is 5.82 Å². The average Bonchev–Trinajstić information content (AvgIpc) is 2.36. The number of benzene rings is 2. The molecule has 0 N–H and O–H groups in total. The van der Waals surface area contributed by atoms with Crippen LogP contribution in [0.5, 0.6) is 0 Å². The predicted molar refractivity (Wildman–Crippen MR) is 83.3 cm³/mol. The summed E-state index contributed by atoms with van der Waals surface area (Å²) in [6.45, 7) is 0. The molecule has 0 amide bonds. The van der Waals surface area contributed by atoms with E-state index >= 15 is 0 Å². The third-order valence-corrected chi connectivity index (χ3v) is 4.97. The summed E-state index contributed by atoms with van der Waals surface area (Å²) in [5.74, 6) is -0.442. The zero-order chi connectivity index (χ0) is 14.2. The molecule has 0 aliphatic carbocycles. The van der Waals surface area contributed by atoms with Gasteiger partial charge in [0.1, 0.15) is 5.82 Å². The molecule has 2 aromatic rings. The van der Waals surface area contributed by atoms with Crippen LogP contribution in [0.15, 0.2) is 34.8 Å². The van der Waals surface area contributed by atoms with Gasteiger partial charge in [-0.05, 0) is 45.8 Å². The molecule has 0 aliphatic rings. The highest BCUT2D eigenvalue weighted by Crippen LogP contribution is 2.37. The van der Waals surface area contributed by atoms with Crippen LogP contribution >= 0.6 is 62.3 Å². The number of rotatable bonds is 2. The van der Waals surface area contributed by atoms with Crippen molar-refractivity contribution < 1.29 is 4.39 Å². The summed E-state index contributed by atoms with van der Waals surface area (Å²) < 4.78 is 14.4. The molecule has 0 saturated heterocycles. The molecule has 0 fully saturated rings. The Hall–Kier alpha value is 0.01000. The molecule has 0 heterocycles. The molecule has 6 heteroatoms. The Kier molecular flexibility index (Phi) is 5.02. The van der Waals surface area contributed by atoms with Crippen LogP contribution in [0.2, 0.25) is 15.1 Å². The average molecular weight is 403 g/mol. The third-order valence-electron chi connectivity index (χ3n) is 2.55. The molecule has 1 unspecified atom stereocenters. The van der Waals surface area contributed by atoms with E-state index in [9.17, 15) is 4.39 Å². The zero-order valence-corrected chi connectivity index (χ0v) is 13.8. The van der Waals surface area contributed by atoms with E-state index in [1.165, 1.54) is 12.1 Å². The van der Waals surface area contributed by atoms with Crippen molar-refractivity contribution >= 4 is 62.3 Å². The minimum atomic E-state index is -0.694. The SMILES string of the molecule is Fc1cc(Br)c(Cl)cc1C(Cl)c1ccc(Cl)c(Cl)c1. The Labute approximate surface area is 138 Å². The monoisotopic (exact) mass is 400 g/mol. The van der Waals surface area contributed by atoms with Gasteiger partial charge in [0.25, 0.3) is 0 Å². The molecule has 100 valence electrons. The van der Waals surface area contributed by atoms with Gasteiger partial charge in [0.05, 0.1) is 20.4 Å². The largest absolute Gasteiger partial charge is 0.207 e. The van der Waals surface area contributed by atoms with E-state index in [0.717, 1.165) is 0 Å². The van der Waals surface area contributed by atoms with Crippen LogP contribution in [0.25, 0.3) is 0 Å². The lowest BCUT2D eigenvalue weighted by atomic mass is 10.0. The van der Waals surface area contributed by atoms with Crippen molar-refractivity contribution in [1.29, 1.82) is 0 Å². The summed E-state index contributed by atoms with van der Waals surface area (Å²) in [6, 6.07) is 7.69. The Morgan fingerprint density at radius 1 is 0.947 bits per heavy atom. The van der Waals surface area contributed by atoms with E-state index in [-0.39, 0.29) is 5.56 Å². The van der Waals surface area contributed by atoms with Gasteiger partial charge in [-0.1, -0.05) is 40.9 Å². The first-order chi connectivity index (χ1) is 8.90. The fourth-order valence-corrected chi connectivity index (χ4v) is 2.68. The van der Waals surface area contributed by atoms with Crippen molar-refractivity contribution in [1.82, 2.24) is 0 Å². The van der Waals surface area contributed by atoms with Gasteiger partial charge in [-0.2, -0.15) is 0 Å². The van der Waals surface area contributed by atoms with Crippen LogP contribution in [0.1, 0.15) is 16.5 Å². The fraction of sp³-hybridized carbons (Fsp3) is 0.0769. The summed E-state index contributed by atoms with van der Waals surface area (Å²) >= 11 is 27.1. The number of hydrogen-bond acceptors (Lipinski definition) is 0. The van der Waals surface area contributed by atoms with Crippen molar-refractivity contribution in [3.63, 3.8) is 0 Å². The van der Waals surface area contributed by atoms with Gasteiger partial charge < -0.3 is 0 Å². The molecule has 0 saturated carbocycles. The third kappa shape index (κ3) is 3.37. The summed E-state index contributed by atoms with van der Waals surface area (Å²) in [4.78, 5) is 0. The Morgan fingerprint density at radius 2 is 1.63 bits per heavy atom. The van der Waals surface area contributed by atoms with E-state index in [1.807, 2.05) is 0 Å². The fourth-order valence-electron chi connectivity index (χ4n) is 1.58. The van der Waals surface area contributed by atoms with Crippen LogP contribution < -0.4 is 0 Å². The van der Waals surface area contributed by atoms with Gasteiger partial charge >= 0.3 is 0 Å². The van der Waals surface area contributed by atoms with Crippen LogP contribution in [0.3, 0.4) is 0 Å². The maximum Gasteiger partial charge on any atom is 0.129 e. The van der Waals surface area contributed by atoms with Crippen molar-refractivity contribution in [2.24, 2.45) is 0 Å². The number of halogens is 6. The Morgan fingerprint density at radius 3 is 2.26 bits per heavy atom. The maximum atomic E-state index is 13.9. The van der Waals surface area contributed by atoms with Crippen molar-refractivity contribution in [2.75, 3.05) is 0 Å². The molecule has 1 atom stereocenters. The lowest BCUT2D eigenvalue weighted by Gasteiger charge is -2.13. The molecule has 0 nitrogen and oxygen atoms in total. The topological polar surface area (TPSA) is 0 Å². The number of hydrogen-bond donors (Lipinski definition) is 0. The maximum absolute atomic E-state index is 13.9. The van der Waals surface area contributed by atoms with E-state index in [1.54, 1.807) is 18.2 Å². The van der Waals surface area contributed by atoms with Crippen LogP contribution in [-0.4, -0.2) is 0 Å². The first kappa shape index (κ1) is 15.4. The molecule has 0 radical (unpaired) electrons. The molecule has 19 heavy (non-hydrogen) atoms. The second-order valence-corrected chi connectivity index (χ2v) is 6.34. The predicted octanol–water partition coefficient (Wildman–Crippen LogP) is 6.88. The molecule has 0 aliphatic heterocycles. The molecule has 0 bridgehead atoms. The van der Waals surface area contributed by atoms with Crippen molar-refractivity contribution in [2.45, 2.75) is 5.38 Å². The minimum Gasteiger partial charge on any atom is -0.207 e.